The molecule has 0 fully saturated rings. The Morgan fingerprint density at radius 3 is 1.63 bits per heavy atom. The second-order valence-corrected chi connectivity index (χ2v) is 22.4. The first kappa shape index (κ1) is 44.7. The lowest BCUT2D eigenvalue weighted by Gasteiger charge is -2.30. The van der Waals surface area contributed by atoms with E-state index >= 15 is 0 Å². The van der Waals surface area contributed by atoms with E-state index in [1.165, 1.54) is 55.7 Å². The van der Waals surface area contributed by atoms with Gasteiger partial charge < -0.3 is 14.7 Å². The third-order valence-corrected chi connectivity index (χ3v) is 14.2. The second-order valence-electron chi connectivity index (χ2n) is 22.4. The minimum atomic E-state index is -0.226. The van der Waals surface area contributed by atoms with Crippen LogP contribution in [0.1, 0.15) is 104 Å². The van der Waals surface area contributed by atoms with E-state index in [2.05, 4.69) is 271 Å². The molecule has 5 nitrogen and oxygen atoms in total. The Kier molecular flexibility index (Phi) is 10.9. The van der Waals surface area contributed by atoms with Crippen LogP contribution in [0.15, 0.2) is 182 Å². The van der Waals surface area contributed by atoms with Crippen LogP contribution in [0.25, 0.3) is 27.6 Å². The second kappa shape index (κ2) is 16.6. The van der Waals surface area contributed by atoms with Crippen molar-refractivity contribution in [3.05, 3.63) is 210 Å². The SMILES string of the molecule is CC(C)(C)c1cc(N2CN(c3cccc(N(c4ccccc4)c4ccc5c6cc(C(C)(C)C)ccc6n(-c6cc(C(C)(C)c7ccccc7)ccn6)c5c4)c3)c3ccccc32)cc(C(C)(C)C)c1. The minimum absolute atomic E-state index is 0.00569. The summed E-state index contributed by atoms with van der Waals surface area (Å²) in [5, 5.41) is 2.42. The smallest absolute Gasteiger partial charge is 0.137 e. The summed E-state index contributed by atoms with van der Waals surface area (Å²) in [6.07, 6.45) is 1.98. The highest BCUT2D eigenvalue weighted by molar-refractivity contribution is 6.10. The van der Waals surface area contributed by atoms with Crippen LogP contribution in [0.5, 0.6) is 0 Å². The van der Waals surface area contributed by atoms with Gasteiger partial charge in [0.1, 0.15) is 12.5 Å². The first-order valence-corrected chi connectivity index (χ1v) is 24.2. The molecule has 1 aliphatic rings. The van der Waals surface area contributed by atoms with Gasteiger partial charge in [-0.3, -0.25) is 4.57 Å². The largest absolute Gasteiger partial charge is 0.321 e. The number of aromatic nitrogens is 2. The lowest BCUT2D eigenvalue weighted by atomic mass is 9.78. The zero-order valence-corrected chi connectivity index (χ0v) is 41.8. The predicted molar refractivity (Wildman–Crippen MR) is 290 cm³/mol. The molecule has 2 aromatic heterocycles. The Labute approximate surface area is 404 Å². The molecule has 0 atom stereocenters. The predicted octanol–water partition coefficient (Wildman–Crippen LogP) is 17.1. The van der Waals surface area contributed by atoms with Gasteiger partial charge in [0.05, 0.1) is 22.4 Å². The molecule has 7 aromatic carbocycles. The van der Waals surface area contributed by atoms with Gasteiger partial charge >= 0.3 is 0 Å². The molecular formula is C63H65N5. The number of benzene rings is 7. The summed E-state index contributed by atoms with van der Waals surface area (Å²) in [5.41, 5.74) is 16.5. The van der Waals surface area contributed by atoms with Gasteiger partial charge in [-0.25, -0.2) is 4.98 Å². The number of para-hydroxylation sites is 3. The van der Waals surface area contributed by atoms with Crippen LogP contribution < -0.4 is 14.7 Å². The molecule has 0 aliphatic carbocycles. The fraction of sp³-hybridized carbons (Fsp3) is 0.254. The number of fused-ring (bicyclic) bond motifs is 4. The molecule has 0 spiro atoms. The number of nitrogens with zero attached hydrogens (tertiary/aromatic N) is 5. The maximum Gasteiger partial charge on any atom is 0.137 e. The molecule has 1 aliphatic heterocycles. The Bertz CT molecular complexity index is 3270. The fourth-order valence-electron chi connectivity index (χ4n) is 9.93. The Morgan fingerprint density at radius 1 is 0.397 bits per heavy atom. The zero-order valence-electron chi connectivity index (χ0n) is 41.8. The minimum Gasteiger partial charge on any atom is -0.321 e. The molecule has 9 aromatic rings. The fourth-order valence-corrected chi connectivity index (χ4v) is 9.93. The summed E-state index contributed by atoms with van der Waals surface area (Å²) in [6, 6.07) is 65.1. The van der Waals surface area contributed by atoms with Gasteiger partial charge in [-0.1, -0.05) is 161 Å². The van der Waals surface area contributed by atoms with Crippen molar-refractivity contribution >= 4 is 61.6 Å². The molecule has 0 saturated carbocycles. The van der Waals surface area contributed by atoms with Crippen molar-refractivity contribution in [3.8, 4) is 5.82 Å². The Morgan fingerprint density at radius 2 is 0.985 bits per heavy atom. The van der Waals surface area contributed by atoms with Gasteiger partial charge in [0, 0.05) is 50.8 Å². The van der Waals surface area contributed by atoms with Crippen LogP contribution in [0.3, 0.4) is 0 Å². The van der Waals surface area contributed by atoms with Crippen molar-refractivity contribution in [2.24, 2.45) is 0 Å². The van der Waals surface area contributed by atoms with E-state index in [1.54, 1.807) is 0 Å². The van der Waals surface area contributed by atoms with Gasteiger partial charge in [0.15, 0.2) is 0 Å². The maximum absolute atomic E-state index is 5.13. The molecule has 5 heteroatoms. The van der Waals surface area contributed by atoms with Crippen molar-refractivity contribution in [1.29, 1.82) is 0 Å². The number of rotatable bonds is 8. The maximum atomic E-state index is 5.13. The van der Waals surface area contributed by atoms with E-state index in [4.69, 9.17) is 4.98 Å². The Balaban J connectivity index is 1.11. The molecule has 0 bridgehead atoms. The molecule has 0 radical (unpaired) electrons. The van der Waals surface area contributed by atoms with Crippen molar-refractivity contribution in [1.82, 2.24) is 9.55 Å². The van der Waals surface area contributed by atoms with E-state index in [9.17, 15) is 0 Å². The summed E-state index contributed by atoms with van der Waals surface area (Å²) in [5.74, 6) is 0.903. The molecule has 0 amide bonds. The average molecular weight is 892 g/mol. The third-order valence-electron chi connectivity index (χ3n) is 14.2. The number of anilines is 7. The van der Waals surface area contributed by atoms with Gasteiger partial charge in [0.25, 0.3) is 0 Å². The topological polar surface area (TPSA) is 27.5 Å². The van der Waals surface area contributed by atoms with Crippen LogP contribution in [0.2, 0.25) is 0 Å². The van der Waals surface area contributed by atoms with Crippen molar-refractivity contribution in [2.45, 2.75) is 97.8 Å². The van der Waals surface area contributed by atoms with Gasteiger partial charge in [-0.15, -0.1) is 0 Å². The number of hydrogen-bond donors (Lipinski definition) is 0. The highest BCUT2D eigenvalue weighted by Gasteiger charge is 2.31. The van der Waals surface area contributed by atoms with E-state index in [1.807, 2.05) is 6.20 Å². The molecule has 0 N–H and O–H groups in total. The Hall–Kier alpha value is -7.11. The average Bonchev–Trinajstić information content (AvgIpc) is 3.87. The quantitative estimate of drug-likeness (QED) is 0.152. The molecule has 68 heavy (non-hydrogen) atoms. The van der Waals surface area contributed by atoms with E-state index in [-0.39, 0.29) is 21.7 Å². The van der Waals surface area contributed by atoms with Crippen LogP contribution >= 0.6 is 0 Å². The summed E-state index contributed by atoms with van der Waals surface area (Å²) in [6.45, 7) is 26.1. The van der Waals surface area contributed by atoms with Crippen molar-refractivity contribution < 1.29 is 0 Å². The normalized spacial score (nSPS) is 13.4. The van der Waals surface area contributed by atoms with Crippen molar-refractivity contribution in [2.75, 3.05) is 21.4 Å². The zero-order chi connectivity index (χ0) is 47.8. The van der Waals surface area contributed by atoms with Gasteiger partial charge in [-0.05, 0) is 135 Å². The molecular weight excluding hydrogens is 827 g/mol. The lowest BCUT2D eigenvalue weighted by molar-refractivity contribution is 0.568. The molecule has 10 rings (SSSR count). The van der Waals surface area contributed by atoms with E-state index in [0.29, 0.717) is 6.67 Å². The molecule has 3 heterocycles. The molecule has 0 unspecified atom stereocenters. The summed E-state index contributed by atoms with van der Waals surface area (Å²) >= 11 is 0. The van der Waals surface area contributed by atoms with Crippen LogP contribution in [-0.4, -0.2) is 16.2 Å². The monoisotopic (exact) mass is 892 g/mol. The first-order chi connectivity index (χ1) is 32.4. The third kappa shape index (κ3) is 8.12. The van der Waals surface area contributed by atoms with E-state index < -0.39 is 0 Å². The highest BCUT2D eigenvalue weighted by Crippen LogP contribution is 2.48. The van der Waals surface area contributed by atoms with Crippen LogP contribution in [0.4, 0.5) is 39.8 Å². The van der Waals surface area contributed by atoms with Crippen LogP contribution in [-0.2, 0) is 21.7 Å². The van der Waals surface area contributed by atoms with Crippen LogP contribution in [0, 0.1) is 0 Å². The standard InChI is InChI=1S/C63H65N5/c1-60(2,3)44-29-32-55-54(38-44)53-31-30-51(41-58(53)68(55)59-39-45(33-34-64-59)63(10,11)43-21-14-12-15-22-43)67(48-23-16-13-17-24-48)50-26-20-25-49(40-50)65-42-66(57-28-19-18-27-56(57)65)52-36-46(61(4,5)6)35-47(37-52)62(7,8)9/h12-41H,42H2,1-11H3. The van der Waals surface area contributed by atoms with Gasteiger partial charge in [-0.2, -0.15) is 0 Å². The summed E-state index contributed by atoms with van der Waals surface area (Å²) in [4.78, 5) is 12.5. The van der Waals surface area contributed by atoms with Gasteiger partial charge in [0.2, 0.25) is 0 Å². The molecule has 0 saturated heterocycles. The summed E-state index contributed by atoms with van der Waals surface area (Å²) in [7, 11) is 0. The molecule has 342 valence electrons. The van der Waals surface area contributed by atoms with Crippen molar-refractivity contribution in [3.63, 3.8) is 0 Å². The van der Waals surface area contributed by atoms with E-state index in [0.717, 1.165) is 39.6 Å². The summed E-state index contributed by atoms with van der Waals surface area (Å²) < 4.78 is 2.38. The first-order valence-electron chi connectivity index (χ1n) is 24.2. The lowest BCUT2D eigenvalue weighted by Crippen LogP contribution is -2.25. The number of hydrogen-bond acceptors (Lipinski definition) is 4. The number of pyridine rings is 1. The highest BCUT2D eigenvalue weighted by atomic mass is 15.4.